The Labute approximate surface area is 245 Å². The highest BCUT2D eigenvalue weighted by atomic mass is 16.5. The zero-order valence-electron chi connectivity index (χ0n) is 24.1. The second kappa shape index (κ2) is 13.2. The van der Waals surface area contributed by atoms with Crippen LogP contribution in [0.2, 0.25) is 0 Å². The number of methoxy groups -OCH3 is 1. The molecule has 10 nitrogen and oxygen atoms in total. The molecule has 5 heterocycles. The van der Waals surface area contributed by atoms with Crippen molar-refractivity contribution in [3.8, 4) is 5.75 Å². The number of nitrogens with zero attached hydrogens (tertiary/aromatic N) is 4. The largest absolute Gasteiger partial charge is 0.493 e. The lowest BCUT2D eigenvalue weighted by Crippen LogP contribution is -2.20. The van der Waals surface area contributed by atoms with Gasteiger partial charge in [-0.05, 0) is 72.7 Å². The number of pyridine rings is 2. The summed E-state index contributed by atoms with van der Waals surface area (Å²) >= 11 is 0. The molecular formula is C32H38N6O4. The molecule has 0 aliphatic carbocycles. The van der Waals surface area contributed by atoms with Gasteiger partial charge in [-0.3, -0.25) is 9.48 Å². The van der Waals surface area contributed by atoms with Crippen LogP contribution in [0.1, 0.15) is 54.1 Å². The van der Waals surface area contributed by atoms with Crippen LogP contribution < -0.4 is 15.4 Å². The summed E-state index contributed by atoms with van der Waals surface area (Å²) in [4.78, 5) is 22.3. The van der Waals surface area contributed by atoms with Gasteiger partial charge in [-0.1, -0.05) is 6.07 Å². The Balaban J connectivity index is 1.18. The van der Waals surface area contributed by atoms with Crippen molar-refractivity contribution in [2.24, 2.45) is 0 Å². The van der Waals surface area contributed by atoms with Gasteiger partial charge in [0.1, 0.15) is 17.4 Å². The van der Waals surface area contributed by atoms with Gasteiger partial charge in [0.2, 0.25) is 0 Å². The maximum Gasteiger partial charge on any atom is 0.308 e. The van der Waals surface area contributed by atoms with E-state index in [2.05, 4.69) is 33.8 Å². The summed E-state index contributed by atoms with van der Waals surface area (Å²) in [6, 6.07) is 12.0. The summed E-state index contributed by atoms with van der Waals surface area (Å²) in [5.74, 6) is 2.42. The van der Waals surface area contributed by atoms with Gasteiger partial charge in [-0.2, -0.15) is 5.10 Å². The lowest BCUT2D eigenvalue weighted by molar-refractivity contribution is -0.144. The van der Waals surface area contributed by atoms with Crippen molar-refractivity contribution in [2.45, 2.75) is 51.0 Å². The van der Waals surface area contributed by atoms with Crippen molar-refractivity contribution in [3.63, 3.8) is 0 Å². The molecule has 2 aliphatic rings. The molecule has 42 heavy (non-hydrogen) atoms. The molecule has 2 N–H and O–H groups in total. The Bertz CT molecular complexity index is 1540. The lowest BCUT2D eigenvalue weighted by atomic mass is 10.00. The lowest BCUT2D eigenvalue weighted by Gasteiger charge is -2.22. The first kappa shape index (κ1) is 28.0. The minimum absolute atomic E-state index is 0.151. The number of aryl methyl sites for hydroxylation is 2. The Hall–Kier alpha value is -4.18. The van der Waals surface area contributed by atoms with Crippen molar-refractivity contribution in [3.05, 3.63) is 71.2 Å². The van der Waals surface area contributed by atoms with Crippen molar-refractivity contribution >= 4 is 28.5 Å². The molecule has 0 fully saturated rings. The molecule has 0 spiro atoms. The van der Waals surface area contributed by atoms with Crippen molar-refractivity contribution < 1.29 is 19.0 Å². The van der Waals surface area contributed by atoms with E-state index in [-0.39, 0.29) is 18.4 Å². The Morgan fingerprint density at radius 2 is 1.83 bits per heavy atom. The highest BCUT2D eigenvalue weighted by molar-refractivity contribution is 5.81. The number of carbonyl (C=O) groups excluding carboxylic acids is 1. The molecule has 6 rings (SSSR count). The van der Waals surface area contributed by atoms with E-state index in [1.807, 2.05) is 35.3 Å². The molecule has 1 unspecified atom stereocenters. The maximum atomic E-state index is 12.9. The van der Waals surface area contributed by atoms with Gasteiger partial charge in [0.25, 0.3) is 0 Å². The molecule has 0 radical (unpaired) electrons. The first-order chi connectivity index (χ1) is 20.7. The third-order valence-corrected chi connectivity index (χ3v) is 7.84. The Morgan fingerprint density at radius 1 is 0.976 bits per heavy atom. The summed E-state index contributed by atoms with van der Waals surface area (Å²) < 4.78 is 18.6. The fraction of sp³-hybridized carbons (Fsp3) is 0.438. The standard InChI is InChI=1S/C32H38N6O4/c1-40-14-4-15-42-30(39)19-29(24-17-23-6-3-12-33-31(23)35-20-24)38-28-10-9-27(18-25(28)21-36-38)41-16-11-26-8-7-22-5-2-13-34-32(22)37-26/h7-10,17-18,20-21,29H,2-6,11-16,19H2,1H3,(H,33,35)(H,34,37). The zero-order valence-corrected chi connectivity index (χ0v) is 24.1. The van der Waals surface area contributed by atoms with Crippen LogP contribution in [0, 0.1) is 0 Å². The monoisotopic (exact) mass is 570 g/mol. The van der Waals surface area contributed by atoms with Gasteiger partial charge in [0.05, 0.1) is 37.4 Å². The summed E-state index contributed by atoms with van der Waals surface area (Å²) in [6.07, 6.45) is 9.44. The number of carbonyl (C=O) groups is 1. The quantitative estimate of drug-likeness (QED) is 0.185. The SMILES string of the molecule is COCCCOC(=O)CC(c1cnc2c(c1)CCCN2)n1ncc2cc(OCCc3ccc4c(n3)NCCC4)ccc21. The van der Waals surface area contributed by atoms with Crippen molar-refractivity contribution in [1.82, 2.24) is 19.7 Å². The minimum Gasteiger partial charge on any atom is -0.493 e. The van der Waals surface area contributed by atoms with E-state index >= 15 is 0 Å². The fourth-order valence-electron chi connectivity index (χ4n) is 5.65. The van der Waals surface area contributed by atoms with Gasteiger partial charge in [0, 0.05) is 56.9 Å². The van der Waals surface area contributed by atoms with E-state index in [1.54, 1.807) is 7.11 Å². The van der Waals surface area contributed by atoms with E-state index < -0.39 is 0 Å². The molecule has 0 bridgehead atoms. The Morgan fingerprint density at radius 3 is 2.71 bits per heavy atom. The minimum atomic E-state index is -0.354. The van der Waals surface area contributed by atoms with Crippen molar-refractivity contribution in [2.75, 3.05) is 50.7 Å². The van der Waals surface area contributed by atoms with Crippen molar-refractivity contribution in [1.29, 1.82) is 0 Å². The van der Waals surface area contributed by atoms with Crippen LogP contribution in [0.15, 0.2) is 48.8 Å². The molecular weight excluding hydrogens is 532 g/mol. The first-order valence-corrected chi connectivity index (χ1v) is 14.9. The second-order valence-electron chi connectivity index (χ2n) is 10.8. The maximum absolute atomic E-state index is 12.9. The zero-order chi connectivity index (χ0) is 28.7. The van der Waals surface area contributed by atoms with Gasteiger partial charge in [-0.15, -0.1) is 0 Å². The molecule has 0 saturated carbocycles. The molecule has 1 aromatic carbocycles. The number of ether oxygens (including phenoxy) is 3. The summed E-state index contributed by atoms with van der Waals surface area (Å²) in [5, 5.41) is 12.4. The van der Waals surface area contributed by atoms with Crippen LogP contribution in [0.25, 0.3) is 10.9 Å². The summed E-state index contributed by atoms with van der Waals surface area (Å²) in [7, 11) is 1.64. The van der Waals surface area contributed by atoms with Gasteiger partial charge in [-0.25, -0.2) is 9.97 Å². The molecule has 1 atom stereocenters. The highest BCUT2D eigenvalue weighted by Gasteiger charge is 2.24. The average molecular weight is 571 g/mol. The molecule has 4 aromatic rings. The summed E-state index contributed by atoms with van der Waals surface area (Å²) in [5.41, 5.74) is 5.31. The van der Waals surface area contributed by atoms with E-state index in [1.165, 1.54) is 5.56 Å². The van der Waals surface area contributed by atoms with Crippen LogP contribution >= 0.6 is 0 Å². The highest BCUT2D eigenvalue weighted by Crippen LogP contribution is 2.31. The number of benzene rings is 1. The Kier molecular flexibility index (Phi) is 8.79. The van der Waals surface area contributed by atoms with Crippen LogP contribution in [0.3, 0.4) is 0 Å². The predicted octanol–water partition coefficient (Wildman–Crippen LogP) is 4.72. The van der Waals surface area contributed by atoms with Gasteiger partial charge in [0.15, 0.2) is 0 Å². The third kappa shape index (κ3) is 6.49. The summed E-state index contributed by atoms with van der Waals surface area (Å²) in [6.45, 7) is 3.30. The number of fused-ring (bicyclic) bond motifs is 3. The molecule has 0 saturated heterocycles. The number of rotatable bonds is 12. The molecule has 220 valence electrons. The van der Waals surface area contributed by atoms with Gasteiger partial charge < -0.3 is 24.8 Å². The smallest absolute Gasteiger partial charge is 0.308 e. The topological polar surface area (TPSA) is 112 Å². The number of hydrogen-bond acceptors (Lipinski definition) is 9. The molecule has 10 heteroatoms. The van der Waals surface area contributed by atoms with Crippen LogP contribution in [-0.4, -0.2) is 65.7 Å². The second-order valence-corrected chi connectivity index (χ2v) is 10.8. The van der Waals surface area contributed by atoms with Gasteiger partial charge >= 0.3 is 5.97 Å². The third-order valence-electron chi connectivity index (χ3n) is 7.84. The number of esters is 1. The molecule has 0 amide bonds. The first-order valence-electron chi connectivity index (χ1n) is 14.9. The predicted molar refractivity (Wildman–Crippen MR) is 161 cm³/mol. The average Bonchev–Trinajstić information content (AvgIpc) is 3.45. The fourth-order valence-corrected chi connectivity index (χ4v) is 5.65. The van der Waals surface area contributed by atoms with Crippen LogP contribution in [0.5, 0.6) is 5.75 Å². The van der Waals surface area contributed by atoms with E-state index in [0.717, 1.165) is 90.3 Å². The number of anilines is 2. The van der Waals surface area contributed by atoms with E-state index in [9.17, 15) is 4.79 Å². The molecule has 3 aromatic heterocycles. The van der Waals surface area contributed by atoms with E-state index in [0.29, 0.717) is 26.2 Å². The van der Waals surface area contributed by atoms with Crippen LogP contribution in [0.4, 0.5) is 11.6 Å². The number of nitrogens with one attached hydrogen (secondary N) is 2. The molecule has 2 aliphatic heterocycles. The number of aromatic nitrogens is 4. The van der Waals surface area contributed by atoms with Crippen LogP contribution in [-0.2, 0) is 33.5 Å². The normalized spacial score (nSPS) is 14.8. The number of hydrogen-bond donors (Lipinski definition) is 2. The van der Waals surface area contributed by atoms with E-state index in [4.69, 9.17) is 24.3 Å².